The Morgan fingerprint density at radius 1 is 1.24 bits per heavy atom. The van der Waals surface area contributed by atoms with Crippen LogP contribution in [0.4, 0.5) is 0 Å². The highest BCUT2D eigenvalue weighted by Gasteiger charge is 2.30. The Bertz CT molecular complexity index is 710. The normalized spacial score (nSPS) is 14.2. The molecule has 0 radical (unpaired) electrons. The van der Waals surface area contributed by atoms with E-state index < -0.39 is 25.9 Å². The van der Waals surface area contributed by atoms with E-state index in [4.69, 9.17) is 4.74 Å². The number of benzene rings is 1. The van der Waals surface area contributed by atoms with Crippen molar-refractivity contribution in [2.24, 2.45) is 0 Å². The van der Waals surface area contributed by atoms with E-state index in [2.05, 4.69) is 0 Å². The summed E-state index contributed by atoms with van der Waals surface area (Å²) in [5.41, 5.74) is 0.776. The molecule has 0 aliphatic heterocycles. The molecule has 0 saturated carbocycles. The van der Waals surface area contributed by atoms with Crippen molar-refractivity contribution in [3.63, 3.8) is 0 Å². The zero-order valence-electron chi connectivity index (χ0n) is 12.8. The molecule has 0 bridgehead atoms. The number of rotatable bonds is 6. The van der Waals surface area contributed by atoms with Gasteiger partial charge in [0.15, 0.2) is 0 Å². The van der Waals surface area contributed by atoms with Gasteiger partial charge >= 0.3 is 0 Å². The van der Waals surface area contributed by atoms with Crippen LogP contribution >= 0.6 is 0 Å². The summed E-state index contributed by atoms with van der Waals surface area (Å²) in [7, 11) is -4.34. The van der Waals surface area contributed by atoms with Crippen molar-refractivity contribution in [2.45, 2.75) is 24.8 Å². The minimum atomic E-state index is -3.83. The first-order chi connectivity index (χ1) is 9.49. The molecule has 0 heterocycles. The lowest BCUT2D eigenvalue weighted by Crippen LogP contribution is -2.39. The van der Waals surface area contributed by atoms with Crippen molar-refractivity contribution in [3.05, 3.63) is 23.8 Å². The second-order valence-corrected chi connectivity index (χ2v) is 9.27. The molecule has 0 spiro atoms. The van der Waals surface area contributed by atoms with Crippen molar-refractivity contribution in [1.82, 2.24) is 4.31 Å². The molecule has 0 saturated heterocycles. The van der Waals surface area contributed by atoms with Gasteiger partial charge in [-0.15, -0.1) is 0 Å². The highest BCUT2D eigenvalue weighted by Crippen LogP contribution is 2.28. The maximum atomic E-state index is 12.6. The molecule has 8 heteroatoms. The van der Waals surface area contributed by atoms with Gasteiger partial charge in [-0.25, -0.2) is 16.8 Å². The Hall–Kier alpha value is -1.12. The number of ether oxygens (including phenoxy) is 1. The van der Waals surface area contributed by atoms with Crippen LogP contribution in [0.3, 0.4) is 0 Å². The zero-order chi connectivity index (χ0) is 16.4. The average molecular weight is 335 g/mol. The molecule has 1 aromatic carbocycles. The van der Waals surface area contributed by atoms with E-state index in [-0.39, 0.29) is 16.4 Å². The predicted octanol–water partition coefficient (Wildman–Crippen LogP) is 1.06. The summed E-state index contributed by atoms with van der Waals surface area (Å²) >= 11 is 0. The molecule has 0 amide bonds. The largest absolute Gasteiger partial charge is 0.495 e. The van der Waals surface area contributed by atoms with Gasteiger partial charge < -0.3 is 4.74 Å². The molecule has 0 fully saturated rings. The summed E-state index contributed by atoms with van der Waals surface area (Å²) in [6.45, 7) is 3.33. The molecular weight excluding hydrogens is 314 g/mol. The maximum Gasteiger partial charge on any atom is 0.246 e. The Labute approximate surface area is 126 Å². The lowest BCUT2D eigenvalue weighted by atomic mass is 10.2. The minimum Gasteiger partial charge on any atom is -0.495 e. The number of methoxy groups -OCH3 is 1. The van der Waals surface area contributed by atoms with E-state index in [1.54, 1.807) is 26.0 Å². The third kappa shape index (κ3) is 4.42. The van der Waals surface area contributed by atoms with Crippen molar-refractivity contribution in [2.75, 3.05) is 26.2 Å². The van der Waals surface area contributed by atoms with Gasteiger partial charge in [0, 0.05) is 19.3 Å². The Morgan fingerprint density at radius 3 is 2.29 bits per heavy atom. The average Bonchev–Trinajstić information content (AvgIpc) is 2.35. The molecule has 1 unspecified atom stereocenters. The van der Waals surface area contributed by atoms with Gasteiger partial charge in [0.1, 0.15) is 20.5 Å². The third-order valence-corrected chi connectivity index (χ3v) is 6.22. The fraction of sp³-hybridized carbons (Fsp3) is 0.538. The summed E-state index contributed by atoms with van der Waals surface area (Å²) in [4.78, 5) is 0.0350. The van der Waals surface area contributed by atoms with Crippen LogP contribution in [0.5, 0.6) is 5.75 Å². The third-order valence-electron chi connectivity index (χ3n) is 3.14. The Balaban J connectivity index is 3.25. The first-order valence-corrected chi connectivity index (χ1v) is 9.79. The fourth-order valence-corrected chi connectivity index (χ4v) is 4.71. The van der Waals surface area contributed by atoms with Crippen molar-refractivity contribution >= 4 is 19.9 Å². The second-order valence-electron chi connectivity index (χ2n) is 5.12. The molecule has 21 heavy (non-hydrogen) atoms. The van der Waals surface area contributed by atoms with Gasteiger partial charge in [-0.05, 0) is 31.5 Å². The lowest BCUT2D eigenvalue weighted by molar-refractivity contribution is 0.387. The standard InChI is InChI=1S/C13H21NO5S2/c1-10-6-7-12(19-4)13(8-10)21(17,18)14(3)11(2)9-20(5,15)16/h6-8,11H,9H2,1-5H3. The van der Waals surface area contributed by atoms with Crippen molar-refractivity contribution < 1.29 is 21.6 Å². The van der Waals surface area contributed by atoms with Crippen LogP contribution in [-0.2, 0) is 19.9 Å². The Morgan fingerprint density at radius 2 is 1.81 bits per heavy atom. The number of nitrogens with zero attached hydrogens (tertiary/aromatic N) is 1. The first kappa shape index (κ1) is 17.9. The number of sulfonamides is 1. The molecule has 0 N–H and O–H groups in total. The van der Waals surface area contributed by atoms with Crippen LogP contribution in [0.2, 0.25) is 0 Å². The highest BCUT2D eigenvalue weighted by molar-refractivity contribution is 7.91. The quantitative estimate of drug-likeness (QED) is 0.776. The van der Waals surface area contributed by atoms with Crippen LogP contribution in [0.25, 0.3) is 0 Å². The van der Waals surface area contributed by atoms with E-state index in [1.807, 2.05) is 0 Å². The van der Waals surface area contributed by atoms with E-state index in [1.165, 1.54) is 20.2 Å². The zero-order valence-corrected chi connectivity index (χ0v) is 14.5. The molecule has 0 aliphatic rings. The minimum absolute atomic E-state index is 0.0350. The molecule has 1 atom stereocenters. The molecular formula is C13H21NO5S2. The van der Waals surface area contributed by atoms with E-state index >= 15 is 0 Å². The molecule has 6 nitrogen and oxygen atoms in total. The van der Waals surface area contributed by atoms with Gasteiger partial charge in [0.2, 0.25) is 10.0 Å². The maximum absolute atomic E-state index is 12.6. The van der Waals surface area contributed by atoms with Gasteiger partial charge in [0.25, 0.3) is 0 Å². The summed E-state index contributed by atoms with van der Waals surface area (Å²) in [5, 5.41) is 0. The smallest absolute Gasteiger partial charge is 0.246 e. The number of hydrogen-bond acceptors (Lipinski definition) is 5. The molecule has 1 rings (SSSR count). The number of aryl methyl sites for hydroxylation is 1. The predicted molar refractivity (Wildman–Crippen MR) is 81.9 cm³/mol. The van der Waals surface area contributed by atoms with Gasteiger partial charge in [-0.2, -0.15) is 4.31 Å². The van der Waals surface area contributed by atoms with Gasteiger partial charge in [-0.1, -0.05) is 6.07 Å². The molecule has 0 aliphatic carbocycles. The van der Waals surface area contributed by atoms with E-state index in [0.717, 1.165) is 16.1 Å². The van der Waals surface area contributed by atoms with E-state index in [9.17, 15) is 16.8 Å². The van der Waals surface area contributed by atoms with Crippen molar-refractivity contribution in [1.29, 1.82) is 0 Å². The number of hydrogen-bond donors (Lipinski definition) is 0. The van der Waals surface area contributed by atoms with Crippen molar-refractivity contribution in [3.8, 4) is 5.75 Å². The van der Waals surface area contributed by atoms with Gasteiger partial charge in [-0.3, -0.25) is 0 Å². The topological polar surface area (TPSA) is 80.8 Å². The molecule has 120 valence electrons. The van der Waals surface area contributed by atoms with Crippen LogP contribution in [-0.4, -0.2) is 53.3 Å². The first-order valence-electron chi connectivity index (χ1n) is 6.29. The lowest BCUT2D eigenvalue weighted by Gasteiger charge is -2.24. The van der Waals surface area contributed by atoms with Gasteiger partial charge in [0.05, 0.1) is 12.9 Å². The SMILES string of the molecule is COc1ccc(C)cc1S(=O)(=O)N(C)C(C)CS(C)(=O)=O. The Kier molecular flexibility index (Phi) is 5.40. The summed E-state index contributed by atoms with van der Waals surface area (Å²) in [6.07, 6.45) is 1.08. The van der Waals surface area contributed by atoms with E-state index in [0.29, 0.717) is 0 Å². The molecule has 1 aromatic rings. The molecule has 0 aromatic heterocycles. The summed E-state index contributed by atoms with van der Waals surface area (Å²) in [5.74, 6) is -0.00403. The van der Waals surface area contributed by atoms with Crippen LogP contribution in [0.15, 0.2) is 23.1 Å². The summed E-state index contributed by atoms with van der Waals surface area (Å²) in [6, 6.07) is 4.17. The second kappa shape index (κ2) is 6.33. The fourth-order valence-electron chi connectivity index (χ4n) is 1.92. The number of sulfone groups is 1. The van der Waals surface area contributed by atoms with Crippen LogP contribution in [0.1, 0.15) is 12.5 Å². The monoisotopic (exact) mass is 335 g/mol. The van der Waals surface area contributed by atoms with Crippen LogP contribution < -0.4 is 4.74 Å². The summed E-state index contributed by atoms with van der Waals surface area (Å²) < 4.78 is 54.1. The van der Waals surface area contributed by atoms with Crippen LogP contribution in [0, 0.1) is 6.92 Å². The highest BCUT2D eigenvalue weighted by atomic mass is 32.2.